The lowest BCUT2D eigenvalue weighted by atomic mass is 9.90. The number of rotatable bonds is 2. The molecule has 0 bridgehead atoms. The Morgan fingerprint density at radius 2 is 2.09 bits per heavy atom. The first-order valence-electron chi connectivity index (χ1n) is 3.33. The number of alkyl halides is 1. The number of hydrogen-bond acceptors (Lipinski definition) is 2. The van der Waals surface area contributed by atoms with Gasteiger partial charge < -0.3 is 9.84 Å². The standard InChI is InChI=1S/C7H13ClO3/c1-7(2,3)5(4-8)11-6(9)10/h5H,4H2,1-3H3,(H,9,10). The summed E-state index contributed by atoms with van der Waals surface area (Å²) < 4.78 is 4.55. The summed E-state index contributed by atoms with van der Waals surface area (Å²) >= 11 is 5.51. The van der Waals surface area contributed by atoms with Crippen LogP contribution in [0.15, 0.2) is 0 Å². The van der Waals surface area contributed by atoms with E-state index in [0.717, 1.165) is 0 Å². The molecule has 11 heavy (non-hydrogen) atoms. The fourth-order valence-electron chi connectivity index (χ4n) is 0.561. The quantitative estimate of drug-likeness (QED) is 0.524. The van der Waals surface area contributed by atoms with Crippen LogP contribution >= 0.6 is 11.6 Å². The number of carboxylic acid groups (broad SMARTS) is 1. The highest BCUT2D eigenvalue weighted by molar-refractivity contribution is 6.18. The zero-order valence-electron chi connectivity index (χ0n) is 6.93. The molecule has 3 nitrogen and oxygen atoms in total. The van der Waals surface area contributed by atoms with Crippen LogP contribution < -0.4 is 0 Å². The molecule has 0 saturated carbocycles. The van der Waals surface area contributed by atoms with Crippen molar-refractivity contribution >= 4 is 17.8 Å². The predicted molar refractivity (Wildman–Crippen MR) is 43.1 cm³/mol. The number of halogens is 1. The van der Waals surface area contributed by atoms with Gasteiger partial charge in [-0.15, -0.1) is 11.6 Å². The van der Waals surface area contributed by atoms with Crippen LogP contribution in [0.4, 0.5) is 4.79 Å². The largest absolute Gasteiger partial charge is 0.506 e. The molecule has 0 aliphatic heterocycles. The van der Waals surface area contributed by atoms with Crippen LogP contribution in [0, 0.1) is 5.41 Å². The molecular formula is C7H13ClO3. The topological polar surface area (TPSA) is 46.5 Å². The highest BCUT2D eigenvalue weighted by atomic mass is 35.5. The number of carbonyl (C=O) groups is 1. The van der Waals surface area contributed by atoms with Crippen molar-refractivity contribution in [2.75, 3.05) is 5.88 Å². The lowest BCUT2D eigenvalue weighted by Crippen LogP contribution is -2.32. The normalized spacial score (nSPS) is 14.2. The van der Waals surface area contributed by atoms with Gasteiger partial charge in [0.25, 0.3) is 0 Å². The predicted octanol–water partition coefficient (Wildman–Crippen LogP) is 2.33. The molecule has 1 N–H and O–H groups in total. The Morgan fingerprint density at radius 3 is 2.18 bits per heavy atom. The molecule has 0 rings (SSSR count). The molecular weight excluding hydrogens is 168 g/mol. The summed E-state index contributed by atoms with van der Waals surface area (Å²) in [6.45, 7) is 5.63. The third kappa shape index (κ3) is 4.09. The summed E-state index contributed by atoms with van der Waals surface area (Å²) in [7, 11) is 0. The maximum absolute atomic E-state index is 10.1. The van der Waals surface area contributed by atoms with Crippen molar-refractivity contribution < 1.29 is 14.6 Å². The summed E-state index contributed by atoms with van der Waals surface area (Å²) in [4.78, 5) is 10.1. The molecule has 1 atom stereocenters. The van der Waals surface area contributed by atoms with Gasteiger partial charge in [0.15, 0.2) is 0 Å². The Balaban J connectivity index is 4.07. The number of hydrogen-bond donors (Lipinski definition) is 1. The molecule has 0 spiro atoms. The summed E-state index contributed by atoms with van der Waals surface area (Å²) in [5.41, 5.74) is -0.236. The van der Waals surface area contributed by atoms with Gasteiger partial charge in [-0.25, -0.2) is 4.79 Å². The maximum Gasteiger partial charge on any atom is 0.506 e. The van der Waals surface area contributed by atoms with Crippen molar-refractivity contribution in [3.05, 3.63) is 0 Å². The van der Waals surface area contributed by atoms with Gasteiger partial charge in [0.05, 0.1) is 5.88 Å². The average molecular weight is 181 g/mol. The van der Waals surface area contributed by atoms with E-state index < -0.39 is 12.3 Å². The van der Waals surface area contributed by atoms with Crippen molar-refractivity contribution in [1.29, 1.82) is 0 Å². The van der Waals surface area contributed by atoms with E-state index in [9.17, 15) is 4.79 Å². The van der Waals surface area contributed by atoms with Crippen molar-refractivity contribution in [2.24, 2.45) is 5.41 Å². The van der Waals surface area contributed by atoms with Crippen LogP contribution in [0.3, 0.4) is 0 Å². The van der Waals surface area contributed by atoms with Gasteiger partial charge >= 0.3 is 6.16 Å². The molecule has 0 radical (unpaired) electrons. The van der Waals surface area contributed by atoms with Crippen molar-refractivity contribution in [3.63, 3.8) is 0 Å². The SMILES string of the molecule is CC(C)(C)C(CCl)OC(=O)O. The summed E-state index contributed by atoms with van der Waals surface area (Å²) in [5.74, 6) is 0.190. The number of ether oxygens (including phenoxy) is 1. The van der Waals surface area contributed by atoms with E-state index in [1.807, 2.05) is 20.8 Å². The molecule has 0 aliphatic rings. The Labute approximate surface area is 71.3 Å². The fourth-order valence-corrected chi connectivity index (χ4v) is 1.09. The van der Waals surface area contributed by atoms with E-state index >= 15 is 0 Å². The minimum atomic E-state index is -1.27. The van der Waals surface area contributed by atoms with Crippen LogP contribution in [-0.4, -0.2) is 23.2 Å². The first-order valence-corrected chi connectivity index (χ1v) is 3.87. The van der Waals surface area contributed by atoms with Gasteiger partial charge in [-0.2, -0.15) is 0 Å². The first kappa shape index (κ1) is 10.6. The van der Waals surface area contributed by atoms with Gasteiger partial charge in [0, 0.05) is 5.41 Å². The minimum absolute atomic E-state index is 0.190. The Bertz CT molecular complexity index is 139. The van der Waals surface area contributed by atoms with Crippen LogP contribution in [0.25, 0.3) is 0 Å². The zero-order chi connectivity index (χ0) is 9.07. The molecule has 0 heterocycles. The summed E-state index contributed by atoms with van der Waals surface area (Å²) in [6, 6.07) is 0. The molecule has 0 aliphatic carbocycles. The van der Waals surface area contributed by atoms with E-state index in [1.54, 1.807) is 0 Å². The van der Waals surface area contributed by atoms with Crippen molar-refractivity contribution in [2.45, 2.75) is 26.9 Å². The van der Waals surface area contributed by atoms with Crippen LogP contribution in [-0.2, 0) is 4.74 Å². The van der Waals surface area contributed by atoms with Gasteiger partial charge in [0.1, 0.15) is 6.10 Å². The van der Waals surface area contributed by atoms with Gasteiger partial charge in [-0.3, -0.25) is 0 Å². The molecule has 0 aromatic heterocycles. The van der Waals surface area contributed by atoms with E-state index in [1.165, 1.54) is 0 Å². The second-order valence-corrected chi connectivity index (χ2v) is 3.70. The smallest absolute Gasteiger partial charge is 0.450 e. The van der Waals surface area contributed by atoms with Gasteiger partial charge in [-0.05, 0) is 0 Å². The highest BCUT2D eigenvalue weighted by Gasteiger charge is 2.27. The maximum atomic E-state index is 10.1. The second kappa shape index (κ2) is 3.81. The van der Waals surface area contributed by atoms with Crippen molar-refractivity contribution in [3.8, 4) is 0 Å². The molecule has 0 aromatic rings. The first-order chi connectivity index (χ1) is 4.88. The third-order valence-corrected chi connectivity index (χ3v) is 1.63. The monoisotopic (exact) mass is 180 g/mol. The Hall–Kier alpha value is -0.440. The van der Waals surface area contributed by atoms with E-state index in [2.05, 4.69) is 4.74 Å². The fraction of sp³-hybridized carbons (Fsp3) is 0.857. The molecule has 1 unspecified atom stereocenters. The molecule has 4 heteroatoms. The molecule has 0 amide bonds. The van der Waals surface area contributed by atoms with Gasteiger partial charge in [0.2, 0.25) is 0 Å². The summed E-state index contributed by atoms with van der Waals surface area (Å²) in [6.07, 6.45) is -1.72. The van der Waals surface area contributed by atoms with E-state index in [0.29, 0.717) is 0 Å². The van der Waals surface area contributed by atoms with Crippen molar-refractivity contribution in [1.82, 2.24) is 0 Å². The second-order valence-electron chi connectivity index (χ2n) is 3.39. The highest BCUT2D eigenvalue weighted by Crippen LogP contribution is 2.23. The van der Waals surface area contributed by atoms with E-state index in [-0.39, 0.29) is 11.3 Å². The average Bonchev–Trinajstić information content (AvgIpc) is 1.79. The molecule has 66 valence electrons. The van der Waals surface area contributed by atoms with Crippen LogP contribution in [0.2, 0.25) is 0 Å². The molecule has 0 aromatic carbocycles. The molecule has 0 saturated heterocycles. The Morgan fingerprint density at radius 1 is 1.64 bits per heavy atom. The van der Waals surface area contributed by atoms with Gasteiger partial charge in [-0.1, -0.05) is 20.8 Å². The Kier molecular flexibility index (Phi) is 3.66. The van der Waals surface area contributed by atoms with E-state index in [4.69, 9.17) is 16.7 Å². The minimum Gasteiger partial charge on any atom is -0.450 e. The van der Waals surface area contributed by atoms with Crippen LogP contribution in [0.1, 0.15) is 20.8 Å². The molecule has 0 fully saturated rings. The van der Waals surface area contributed by atoms with Crippen LogP contribution in [0.5, 0.6) is 0 Å². The zero-order valence-corrected chi connectivity index (χ0v) is 7.68. The summed E-state index contributed by atoms with van der Waals surface area (Å²) in [5, 5.41) is 8.30. The lowest BCUT2D eigenvalue weighted by Gasteiger charge is -2.26. The third-order valence-electron chi connectivity index (χ3n) is 1.35. The lowest BCUT2D eigenvalue weighted by molar-refractivity contribution is 0.0131.